The molecule has 0 spiro atoms. The van der Waals surface area contributed by atoms with Crippen LogP contribution in [0, 0.1) is 0 Å². The summed E-state index contributed by atoms with van der Waals surface area (Å²) in [5, 5.41) is 3.30. The summed E-state index contributed by atoms with van der Waals surface area (Å²) >= 11 is 0. The van der Waals surface area contributed by atoms with E-state index < -0.39 is 5.79 Å². The second-order valence-electron chi connectivity index (χ2n) is 4.42. The number of nitrogens with one attached hydrogen (secondary N) is 1. The van der Waals surface area contributed by atoms with Gasteiger partial charge >= 0.3 is 0 Å². The van der Waals surface area contributed by atoms with Crippen LogP contribution in [0.25, 0.3) is 0 Å². The van der Waals surface area contributed by atoms with Crippen LogP contribution in [0.5, 0.6) is 0 Å². The highest BCUT2D eigenvalue weighted by Gasteiger charge is 2.38. The molecule has 2 aliphatic rings. The number of rotatable bonds is 1. The first-order valence-corrected chi connectivity index (χ1v) is 5.14. The van der Waals surface area contributed by atoms with Crippen molar-refractivity contribution >= 4 is 5.78 Å². The molecule has 2 rings (SSSR count). The molecule has 2 saturated heterocycles. The molecule has 0 bridgehead atoms. The molecule has 2 fully saturated rings. The molecule has 0 aromatic carbocycles. The smallest absolute Gasteiger partial charge is 0.163 e. The predicted octanol–water partition coefficient (Wildman–Crippen LogP) is 0.459. The summed E-state index contributed by atoms with van der Waals surface area (Å²) in [5.74, 6) is -0.172. The standard InChI is InChI=1S/C10H17NO3/c1-10(2)13-6-9(14-10)8-5-7(12)3-4-11-8/h8-9,11H,3-6H2,1-2H3/t8-,9-/m1/s1. The summed E-state index contributed by atoms with van der Waals surface area (Å²) in [6.45, 7) is 5.15. The fourth-order valence-corrected chi connectivity index (χ4v) is 1.99. The van der Waals surface area contributed by atoms with Crippen molar-refractivity contribution in [3.05, 3.63) is 0 Å². The Morgan fingerprint density at radius 1 is 1.50 bits per heavy atom. The molecule has 0 unspecified atom stereocenters. The molecular weight excluding hydrogens is 182 g/mol. The number of piperidine rings is 1. The molecule has 0 aromatic rings. The first-order valence-electron chi connectivity index (χ1n) is 5.14. The molecule has 4 nitrogen and oxygen atoms in total. The van der Waals surface area contributed by atoms with Gasteiger partial charge < -0.3 is 14.8 Å². The van der Waals surface area contributed by atoms with Crippen LogP contribution in [0.1, 0.15) is 26.7 Å². The summed E-state index contributed by atoms with van der Waals surface area (Å²) < 4.78 is 11.2. The van der Waals surface area contributed by atoms with Crippen LogP contribution in [0.2, 0.25) is 0 Å². The zero-order valence-corrected chi connectivity index (χ0v) is 8.71. The molecule has 0 amide bonds. The van der Waals surface area contributed by atoms with Crippen LogP contribution in [0.4, 0.5) is 0 Å². The third-order valence-corrected chi connectivity index (χ3v) is 2.74. The van der Waals surface area contributed by atoms with E-state index in [-0.39, 0.29) is 12.1 Å². The van der Waals surface area contributed by atoms with Gasteiger partial charge in [-0.05, 0) is 13.8 Å². The van der Waals surface area contributed by atoms with Gasteiger partial charge in [0, 0.05) is 25.4 Å². The van der Waals surface area contributed by atoms with E-state index in [0.717, 1.165) is 6.54 Å². The van der Waals surface area contributed by atoms with E-state index in [1.807, 2.05) is 13.8 Å². The summed E-state index contributed by atoms with van der Waals surface area (Å²) in [7, 11) is 0. The molecule has 4 heteroatoms. The van der Waals surface area contributed by atoms with E-state index in [9.17, 15) is 4.79 Å². The molecule has 1 N–H and O–H groups in total. The summed E-state index contributed by atoms with van der Waals surface area (Å²) in [5.41, 5.74) is 0. The van der Waals surface area contributed by atoms with Crippen molar-refractivity contribution < 1.29 is 14.3 Å². The first kappa shape index (κ1) is 10.1. The molecule has 0 radical (unpaired) electrons. The summed E-state index contributed by atoms with van der Waals surface area (Å²) in [6, 6.07) is 0.137. The van der Waals surface area contributed by atoms with Crippen LogP contribution >= 0.6 is 0 Å². The maximum absolute atomic E-state index is 11.3. The highest BCUT2D eigenvalue weighted by Crippen LogP contribution is 2.26. The van der Waals surface area contributed by atoms with E-state index in [2.05, 4.69) is 5.32 Å². The van der Waals surface area contributed by atoms with Gasteiger partial charge in [0.2, 0.25) is 0 Å². The average molecular weight is 199 g/mol. The normalized spacial score (nSPS) is 37.4. The Labute approximate surface area is 84.0 Å². The van der Waals surface area contributed by atoms with Crippen LogP contribution in [-0.4, -0.2) is 36.9 Å². The maximum atomic E-state index is 11.3. The molecule has 2 heterocycles. The van der Waals surface area contributed by atoms with Crippen molar-refractivity contribution in [3.8, 4) is 0 Å². The van der Waals surface area contributed by atoms with Gasteiger partial charge in [-0.15, -0.1) is 0 Å². The lowest BCUT2D eigenvalue weighted by atomic mass is 9.99. The van der Waals surface area contributed by atoms with Crippen molar-refractivity contribution in [1.82, 2.24) is 5.32 Å². The second kappa shape index (κ2) is 3.61. The lowest BCUT2D eigenvalue weighted by Crippen LogP contribution is -2.47. The molecule has 2 atom stereocenters. The van der Waals surface area contributed by atoms with Gasteiger partial charge in [0.1, 0.15) is 11.9 Å². The molecule has 0 aliphatic carbocycles. The quantitative estimate of drug-likeness (QED) is 0.666. The lowest BCUT2D eigenvalue weighted by Gasteiger charge is -2.27. The predicted molar refractivity (Wildman–Crippen MR) is 50.9 cm³/mol. The number of Topliss-reactive ketones (excluding diaryl/α,β-unsaturated/α-hetero) is 1. The van der Waals surface area contributed by atoms with Gasteiger partial charge in [0.05, 0.1) is 6.61 Å². The Balaban J connectivity index is 1.93. The van der Waals surface area contributed by atoms with E-state index >= 15 is 0 Å². The monoisotopic (exact) mass is 199 g/mol. The van der Waals surface area contributed by atoms with E-state index in [1.54, 1.807) is 0 Å². The number of ketones is 1. The van der Waals surface area contributed by atoms with Crippen molar-refractivity contribution in [3.63, 3.8) is 0 Å². The highest BCUT2D eigenvalue weighted by atomic mass is 16.7. The fraction of sp³-hybridized carbons (Fsp3) is 0.900. The highest BCUT2D eigenvalue weighted by molar-refractivity contribution is 5.80. The second-order valence-corrected chi connectivity index (χ2v) is 4.42. The minimum absolute atomic E-state index is 0.0225. The minimum Gasteiger partial charge on any atom is -0.348 e. The van der Waals surface area contributed by atoms with Gasteiger partial charge in [-0.25, -0.2) is 0 Å². The molecule has 0 aromatic heterocycles. The molecule has 14 heavy (non-hydrogen) atoms. The molecule has 2 aliphatic heterocycles. The van der Waals surface area contributed by atoms with E-state index in [4.69, 9.17) is 9.47 Å². The minimum atomic E-state index is -0.493. The fourth-order valence-electron chi connectivity index (χ4n) is 1.99. The summed E-state index contributed by atoms with van der Waals surface area (Å²) in [4.78, 5) is 11.3. The van der Waals surface area contributed by atoms with Crippen LogP contribution in [-0.2, 0) is 14.3 Å². The van der Waals surface area contributed by atoms with E-state index in [1.165, 1.54) is 0 Å². The zero-order valence-electron chi connectivity index (χ0n) is 8.71. The number of hydrogen-bond acceptors (Lipinski definition) is 4. The van der Waals surface area contributed by atoms with Crippen LogP contribution < -0.4 is 5.32 Å². The molecule has 0 saturated carbocycles. The van der Waals surface area contributed by atoms with Gasteiger partial charge in [-0.3, -0.25) is 4.79 Å². The van der Waals surface area contributed by atoms with Crippen LogP contribution in [0.3, 0.4) is 0 Å². The Morgan fingerprint density at radius 3 is 2.86 bits per heavy atom. The number of carbonyl (C=O) groups is 1. The van der Waals surface area contributed by atoms with Gasteiger partial charge in [0.25, 0.3) is 0 Å². The molecular formula is C10H17NO3. The Morgan fingerprint density at radius 2 is 2.29 bits per heavy atom. The van der Waals surface area contributed by atoms with Crippen LogP contribution in [0.15, 0.2) is 0 Å². The van der Waals surface area contributed by atoms with Crippen molar-refractivity contribution in [1.29, 1.82) is 0 Å². The lowest BCUT2D eigenvalue weighted by molar-refractivity contribution is -0.144. The molecule has 80 valence electrons. The zero-order chi connectivity index (χ0) is 10.2. The van der Waals surface area contributed by atoms with E-state index in [0.29, 0.717) is 25.2 Å². The summed E-state index contributed by atoms with van der Waals surface area (Å²) in [6.07, 6.45) is 1.24. The van der Waals surface area contributed by atoms with Gasteiger partial charge in [0.15, 0.2) is 5.79 Å². The third-order valence-electron chi connectivity index (χ3n) is 2.74. The Hall–Kier alpha value is -0.450. The van der Waals surface area contributed by atoms with Crippen molar-refractivity contribution in [2.24, 2.45) is 0 Å². The number of carbonyl (C=O) groups excluding carboxylic acids is 1. The van der Waals surface area contributed by atoms with Crippen molar-refractivity contribution in [2.75, 3.05) is 13.2 Å². The Bertz CT molecular complexity index is 240. The third kappa shape index (κ3) is 2.13. The Kier molecular flexibility index (Phi) is 2.60. The SMILES string of the molecule is CC1(C)OC[C@H]([C@H]2CC(=O)CCN2)O1. The average Bonchev–Trinajstić information content (AvgIpc) is 2.46. The number of hydrogen-bond donors (Lipinski definition) is 1. The van der Waals surface area contributed by atoms with Gasteiger partial charge in [-0.2, -0.15) is 0 Å². The largest absolute Gasteiger partial charge is 0.348 e. The van der Waals surface area contributed by atoms with Crippen molar-refractivity contribution in [2.45, 2.75) is 44.6 Å². The topological polar surface area (TPSA) is 47.6 Å². The van der Waals surface area contributed by atoms with Gasteiger partial charge in [-0.1, -0.05) is 0 Å². The maximum Gasteiger partial charge on any atom is 0.163 e. The number of ether oxygens (including phenoxy) is 2. The first-order chi connectivity index (χ1) is 6.57.